The monoisotopic (exact) mass is 402 g/mol. The molecule has 0 aliphatic heterocycles. The maximum Gasteiger partial charge on any atom is 0.283 e. The van der Waals surface area contributed by atoms with Gasteiger partial charge in [0.1, 0.15) is 5.82 Å². The number of nitro benzene ring substituents is 1. The lowest BCUT2D eigenvalue weighted by Gasteiger charge is -2.08. The molecule has 0 heterocycles. The second-order valence-electron chi connectivity index (χ2n) is 4.02. The second kappa shape index (κ2) is 6.32. The van der Waals surface area contributed by atoms with Gasteiger partial charge in [-0.3, -0.25) is 10.1 Å². The van der Waals surface area contributed by atoms with Crippen molar-refractivity contribution in [3.63, 3.8) is 0 Å². The molecule has 20 heavy (non-hydrogen) atoms. The van der Waals surface area contributed by atoms with Gasteiger partial charge in [0.05, 0.1) is 15.1 Å². The topological polar surface area (TPSA) is 55.2 Å². The number of halogens is 3. The van der Waals surface area contributed by atoms with Gasteiger partial charge in [0.25, 0.3) is 5.69 Å². The molecule has 7 heteroatoms. The molecule has 104 valence electrons. The minimum absolute atomic E-state index is 0.0148. The van der Waals surface area contributed by atoms with E-state index in [0.717, 1.165) is 4.47 Å². The molecule has 0 radical (unpaired) electrons. The van der Waals surface area contributed by atoms with Crippen LogP contribution in [0, 0.1) is 15.9 Å². The predicted octanol–water partition coefficient (Wildman–Crippen LogP) is 4.87. The fourth-order valence-corrected chi connectivity index (χ4v) is 2.39. The molecule has 0 atom stereocenters. The molecule has 0 aliphatic carbocycles. The van der Waals surface area contributed by atoms with Crippen molar-refractivity contribution in [2.45, 2.75) is 6.54 Å². The zero-order valence-corrected chi connectivity index (χ0v) is 13.2. The van der Waals surface area contributed by atoms with E-state index in [-0.39, 0.29) is 11.5 Å². The van der Waals surface area contributed by atoms with Crippen molar-refractivity contribution in [3.05, 3.63) is 66.8 Å². The molecule has 0 aromatic heterocycles. The number of rotatable bonds is 4. The molecule has 0 aliphatic rings. The second-order valence-corrected chi connectivity index (χ2v) is 5.79. The normalized spacial score (nSPS) is 10.3. The van der Waals surface area contributed by atoms with Gasteiger partial charge in [-0.25, -0.2) is 4.39 Å². The fraction of sp³-hybridized carbons (Fsp3) is 0.0769. The SMILES string of the molecule is O=[N+]([O-])c1cc(CNc2cc(Br)ccc2F)ccc1Br. The third-order valence-corrected chi connectivity index (χ3v) is 3.78. The fourth-order valence-electron chi connectivity index (χ4n) is 1.64. The van der Waals surface area contributed by atoms with Crippen LogP contribution in [-0.4, -0.2) is 4.92 Å². The third-order valence-electron chi connectivity index (χ3n) is 2.62. The Kier molecular flexibility index (Phi) is 4.72. The first kappa shape index (κ1) is 14.9. The highest BCUT2D eigenvalue weighted by Crippen LogP contribution is 2.26. The van der Waals surface area contributed by atoms with Crippen molar-refractivity contribution in [3.8, 4) is 0 Å². The Morgan fingerprint density at radius 3 is 2.65 bits per heavy atom. The summed E-state index contributed by atoms with van der Waals surface area (Å²) in [5.74, 6) is -0.375. The van der Waals surface area contributed by atoms with Crippen molar-refractivity contribution in [1.82, 2.24) is 0 Å². The minimum Gasteiger partial charge on any atom is -0.379 e. The van der Waals surface area contributed by atoms with E-state index < -0.39 is 4.92 Å². The van der Waals surface area contributed by atoms with Gasteiger partial charge in [0, 0.05) is 17.1 Å². The van der Waals surface area contributed by atoms with Crippen LogP contribution >= 0.6 is 31.9 Å². The Labute approximate surface area is 131 Å². The molecule has 0 amide bonds. The van der Waals surface area contributed by atoms with Crippen molar-refractivity contribution in [1.29, 1.82) is 0 Å². The summed E-state index contributed by atoms with van der Waals surface area (Å²) in [4.78, 5) is 10.4. The molecule has 2 aromatic carbocycles. The summed E-state index contributed by atoms with van der Waals surface area (Å²) in [6, 6.07) is 9.35. The Hall–Kier alpha value is -1.47. The van der Waals surface area contributed by atoms with Crippen LogP contribution in [0.15, 0.2) is 45.3 Å². The van der Waals surface area contributed by atoms with E-state index in [9.17, 15) is 14.5 Å². The lowest BCUT2D eigenvalue weighted by atomic mass is 10.2. The van der Waals surface area contributed by atoms with Gasteiger partial charge in [-0.2, -0.15) is 0 Å². The quantitative estimate of drug-likeness (QED) is 0.585. The first-order valence-corrected chi connectivity index (χ1v) is 7.17. The first-order valence-electron chi connectivity index (χ1n) is 5.59. The summed E-state index contributed by atoms with van der Waals surface area (Å²) < 4.78 is 14.7. The van der Waals surface area contributed by atoms with Crippen molar-refractivity contribution < 1.29 is 9.31 Å². The number of nitro groups is 1. The Morgan fingerprint density at radius 1 is 1.20 bits per heavy atom. The highest BCUT2D eigenvalue weighted by Gasteiger charge is 2.12. The molecule has 0 spiro atoms. The van der Waals surface area contributed by atoms with Crippen LogP contribution in [0.3, 0.4) is 0 Å². The maximum absolute atomic E-state index is 13.5. The summed E-state index contributed by atoms with van der Waals surface area (Å²) in [5.41, 5.74) is 1.02. The van der Waals surface area contributed by atoms with E-state index in [4.69, 9.17) is 0 Å². The maximum atomic E-state index is 13.5. The van der Waals surface area contributed by atoms with E-state index in [0.29, 0.717) is 22.3 Å². The van der Waals surface area contributed by atoms with Crippen LogP contribution in [-0.2, 0) is 6.54 Å². The average molecular weight is 404 g/mol. The Morgan fingerprint density at radius 2 is 1.95 bits per heavy atom. The lowest BCUT2D eigenvalue weighted by molar-refractivity contribution is -0.385. The van der Waals surface area contributed by atoms with E-state index in [1.807, 2.05) is 0 Å². The van der Waals surface area contributed by atoms with Crippen LogP contribution in [0.25, 0.3) is 0 Å². The molecule has 0 unspecified atom stereocenters. The summed E-state index contributed by atoms with van der Waals surface area (Å²) in [6.45, 7) is 0.293. The highest BCUT2D eigenvalue weighted by atomic mass is 79.9. The van der Waals surface area contributed by atoms with Gasteiger partial charge in [-0.05, 0) is 45.8 Å². The zero-order chi connectivity index (χ0) is 14.7. The lowest BCUT2D eigenvalue weighted by Crippen LogP contribution is -2.02. The molecular formula is C13H9Br2FN2O2. The van der Waals surface area contributed by atoms with E-state index in [1.54, 1.807) is 24.3 Å². The average Bonchev–Trinajstić information content (AvgIpc) is 2.41. The van der Waals surface area contributed by atoms with Crippen LogP contribution in [0.4, 0.5) is 15.8 Å². The highest BCUT2D eigenvalue weighted by molar-refractivity contribution is 9.10. The predicted molar refractivity (Wildman–Crippen MR) is 82.2 cm³/mol. The van der Waals surface area contributed by atoms with Crippen LogP contribution in [0.1, 0.15) is 5.56 Å². The molecule has 0 bridgehead atoms. The number of nitrogens with one attached hydrogen (secondary N) is 1. The van der Waals surface area contributed by atoms with Gasteiger partial charge in [-0.1, -0.05) is 22.0 Å². The molecule has 0 fully saturated rings. The molecule has 2 rings (SSSR count). The molecule has 0 saturated carbocycles. The first-order chi connectivity index (χ1) is 9.47. The zero-order valence-electron chi connectivity index (χ0n) is 10.1. The number of anilines is 1. The number of hydrogen-bond acceptors (Lipinski definition) is 3. The van der Waals surface area contributed by atoms with Crippen LogP contribution in [0.2, 0.25) is 0 Å². The standard InChI is InChI=1S/C13H9Br2FN2O2/c14-9-2-4-11(16)12(6-9)17-7-8-1-3-10(15)13(5-8)18(19)20/h1-6,17H,7H2. The van der Waals surface area contributed by atoms with E-state index >= 15 is 0 Å². The Bertz CT molecular complexity index is 665. The van der Waals surface area contributed by atoms with Gasteiger partial charge < -0.3 is 5.32 Å². The van der Waals surface area contributed by atoms with E-state index in [1.165, 1.54) is 12.1 Å². The summed E-state index contributed by atoms with van der Waals surface area (Å²) in [5, 5.41) is 13.7. The number of benzene rings is 2. The van der Waals surface area contributed by atoms with Gasteiger partial charge in [0.15, 0.2) is 0 Å². The largest absolute Gasteiger partial charge is 0.379 e. The number of hydrogen-bond donors (Lipinski definition) is 1. The van der Waals surface area contributed by atoms with Crippen molar-refractivity contribution in [2.24, 2.45) is 0 Å². The molecule has 2 aromatic rings. The minimum atomic E-state index is -0.465. The number of nitrogens with zero attached hydrogens (tertiary/aromatic N) is 1. The van der Waals surface area contributed by atoms with Gasteiger partial charge in [-0.15, -0.1) is 0 Å². The van der Waals surface area contributed by atoms with Crippen molar-refractivity contribution >= 4 is 43.2 Å². The van der Waals surface area contributed by atoms with Gasteiger partial charge in [0.2, 0.25) is 0 Å². The van der Waals surface area contributed by atoms with E-state index in [2.05, 4.69) is 37.2 Å². The third kappa shape index (κ3) is 3.55. The van der Waals surface area contributed by atoms with Crippen LogP contribution in [0.5, 0.6) is 0 Å². The smallest absolute Gasteiger partial charge is 0.283 e. The molecule has 4 nitrogen and oxygen atoms in total. The van der Waals surface area contributed by atoms with Crippen molar-refractivity contribution in [2.75, 3.05) is 5.32 Å². The Balaban J connectivity index is 2.17. The van der Waals surface area contributed by atoms with Crippen LogP contribution < -0.4 is 5.32 Å². The molecular weight excluding hydrogens is 395 g/mol. The summed E-state index contributed by atoms with van der Waals surface area (Å²) in [7, 11) is 0. The molecule has 0 saturated heterocycles. The summed E-state index contributed by atoms with van der Waals surface area (Å²) in [6.07, 6.45) is 0. The summed E-state index contributed by atoms with van der Waals surface area (Å²) >= 11 is 6.38. The van der Waals surface area contributed by atoms with Gasteiger partial charge >= 0.3 is 0 Å². The molecule has 1 N–H and O–H groups in total.